The number of nitrogens with two attached hydrogens (primary N) is 2. The Kier molecular flexibility index (Phi) is 8.22. The quantitative estimate of drug-likeness (QED) is 0.596. The molecule has 0 aliphatic heterocycles. The van der Waals surface area contributed by atoms with Crippen molar-refractivity contribution >= 4 is 0 Å². The van der Waals surface area contributed by atoms with Crippen molar-refractivity contribution < 1.29 is 0 Å². The van der Waals surface area contributed by atoms with Gasteiger partial charge in [0.15, 0.2) is 0 Å². The molecule has 1 fully saturated rings. The van der Waals surface area contributed by atoms with E-state index in [1.165, 1.54) is 19.3 Å². The van der Waals surface area contributed by atoms with Crippen molar-refractivity contribution in [1.29, 1.82) is 0 Å². The van der Waals surface area contributed by atoms with Crippen LogP contribution in [0.3, 0.4) is 0 Å². The SMILES string of the molecule is CC1CC(C(CN)CN)CC(C)(C)C1.N.N. The lowest BCUT2D eigenvalue weighted by Crippen LogP contribution is -2.37. The summed E-state index contributed by atoms with van der Waals surface area (Å²) in [6.45, 7) is 8.62. The molecule has 0 amide bonds. The number of hydrogen-bond donors (Lipinski definition) is 4. The molecule has 4 heteroatoms. The van der Waals surface area contributed by atoms with Crippen molar-refractivity contribution in [3.63, 3.8) is 0 Å². The zero-order valence-corrected chi connectivity index (χ0v) is 11.3. The Labute approximate surface area is 101 Å². The molecule has 1 aliphatic rings. The fourth-order valence-electron chi connectivity index (χ4n) is 3.26. The van der Waals surface area contributed by atoms with Gasteiger partial charge in [-0.25, -0.2) is 0 Å². The van der Waals surface area contributed by atoms with Gasteiger partial charge >= 0.3 is 0 Å². The molecule has 2 atom stereocenters. The first kappa shape index (κ1) is 18.2. The Balaban J connectivity index is 0. The summed E-state index contributed by atoms with van der Waals surface area (Å²) in [6.07, 6.45) is 3.98. The summed E-state index contributed by atoms with van der Waals surface area (Å²) in [6, 6.07) is 0. The van der Waals surface area contributed by atoms with Gasteiger partial charge < -0.3 is 23.8 Å². The molecule has 0 saturated heterocycles. The molecule has 100 valence electrons. The van der Waals surface area contributed by atoms with Gasteiger partial charge in [0, 0.05) is 0 Å². The first-order valence-corrected chi connectivity index (χ1v) is 5.88. The second-order valence-electron chi connectivity index (χ2n) is 5.90. The highest BCUT2D eigenvalue weighted by molar-refractivity contribution is 4.86. The Bertz CT molecular complexity index is 178. The highest BCUT2D eigenvalue weighted by Crippen LogP contribution is 2.43. The summed E-state index contributed by atoms with van der Waals surface area (Å²) < 4.78 is 0. The molecule has 0 spiro atoms. The normalized spacial score (nSPS) is 28.1. The first-order chi connectivity index (χ1) is 6.48. The Hall–Kier alpha value is -0.160. The van der Waals surface area contributed by atoms with E-state index in [1.54, 1.807) is 0 Å². The predicted octanol–water partition coefficient (Wildman–Crippen LogP) is 2.31. The van der Waals surface area contributed by atoms with Crippen LogP contribution in [0.4, 0.5) is 0 Å². The number of rotatable bonds is 3. The van der Waals surface area contributed by atoms with Crippen molar-refractivity contribution in [2.24, 2.45) is 34.6 Å². The monoisotopic (exact) mass is 232 g/mol. The highest BCUT2D eigenvalue weighted by Gasteiger charge is 2.34. The first-order valence-electron chi connectivity index (χ1n) is 5.88. The third-order valence-corrected chi connectivity index (χ3v) is 3.69. The Morgan fingerprint density at radius 1 is 1.12 bits per heavy atom. The van der Waals surface area contributed by atoms with E-state index in [0.29, 0.717) is 11.3 Å². The Morgan fingerprint density at radius 2 is 1.62 bits per heavy atom. The zero-order chi connectivity index (χ0) is 10.8. The van der Waals surface area contributed by atoms with Crippen LogP contribution in [0.2, 0.25) is 0 Å². The molecule has 1 aliphatic carbocycles. The summed E-state index contributed by atoms with van der Waals surface area (Å²) in [5.41, 5.74) is 12.0. The molecule has 4 nitrogen and oxygen atoms in total. The average Bonchev–Trinajstić information content (AvgIpc) is 2.02. The lowest BCUT2D eigenvalue weighted by Gasteiger charge is -2.41. The second kappa shape index (κ2) is 7.22. The van der Waals surface area contributed by atoms with E-state index in [1.807, 2.05) is 0 Å². The van der Waals surface area contributed by atoms with Crippen LogP contribution in [-0.2, 0) is 0 Å². The number of hydrogen-bond acceptors (Lipinski definition) is 4. The largest absolute Gasteiger partial charge is 0.344 e. The second-order valence-corrected chi connectivity index (χ2v) is 5.90. The zero-order valence-electron chi connectivity index (χ0n) is 11.3. The van der Waals surface area contributed by atoms with Gasteiger partial charge in [-0.05, 0) is 55.5 Å². The van der Waals surface area contributed by atoms with Crippen LogP contribution in [0.15, 0.2) is 0 Å². The smallest absolute Gasteiger partial charge is 0.00341 e. The van der Waals surface area contributed by atoms with Crippen LogP contribution < -0.4 is 23.8 Å². The molecule has 2 unspecified atom stereocenters. The molecule has 0 aromatic rings. The fraction of sp³-hybridized carbons (Fsp3) is 1.00. The van der Waals surface area contributed by atoms with Crippen LogP contribution in [0.1, 0.15) is 40.0 Å². The standard InChI is InChI=1S/C12H26N2.2H3N/c1-9-4-10(11(7-13)8-14)6-12(2,3)5-9;;/h9-11H,4-8,13-14H2,1-3H3;2*1H3. The van der Waals surface area contributed by atoms with Gasteiger partial charge in [-0.3, -0.25) is 0 Å². The molecular formula is C12H32N4. The molecule has 0 aromatic carbocycles. The van der Waals surface area contributed by atoms with Crippen LogP contribution in [0.5, 0.6) is 0 Å². The fourth-order valence-corrected chi connectivity index (χ4v) is 3.26. The molecule has 1 saturated carbocycles. The molecular weight excluding hydrogens is 200 g/mol. The third kappa shape index (κ3) is 4.78. The van der Waals surface area contributed by atoms with Gasteiger partial charge in [-0.15, -0.1) is 0 Å². The van der Waals surface area contributed by atoms with Crippen LogP contribution in [-0.4, -0.2) is 13.1 Å². The minimum Gasteiger partial charge on any atom is -0.344 e. The van der Waals surface area contributed by atoms with E-state index in [-0.39, 0.29) is 12.3 Å². The third-order valence-electron chi connectivity index (χ3n) is 3.69. The summed E-state index contributed by atoms with van der Waals surface area (Å²) in [7, 11) is 0. The van der Waals surface area contributed by atoms with Crippen molar-refractivity contribution in [3.05, 3.63) is 0 Å². The summed E-state index contributed by atoms with van der Waals surface area (Å²) in [5.74, 6) is 2.13. The lowest BCUT2D eigenvalue weighted by atomic mass is 9.65. The topological polar surface area (TPSA) is 122 Å². The van der Waals surface area contributed by atoms with E-state index < -0.39 is 0 Å². The maximum Gasteiger partial charge on any atom is -0.00341 e. The van der Waals surface area contributed by atoms with E-state index >= 15 is 0 Å². The van der Waals surface area contributed by atoms with Gasteiger partial charge in [0.1, 0.15) is 0 Å². The van der Waals surface area contributed by atoms with Crippen molar-refractivity contribution in [3.8, 4) is 0 Å². The molecule has 0 heterocycles. The van der Waals surface area contributed by atoms with E-state index in [9.17, 15) is 0 Å². The van der Waals surface area contributed by atoms with E-state index in [2.05, 4.69) is 20.8 Å². The van der Waals surface area contributed by atoms with Gasteiger partial charge in [-0.1, -0.05) is 20.8 Å². The molecule has 0 bridgehead atoms. The van der Waals surface area contributed by atoms with E-state index in [0.717, 1.165) is 24.9 Å². The Morgan fingerprint density at radius 3 is 2.00 bits per heavy atom. The van der Waals surface area contributed by atoms with Gasteiger partial charge in [0.2, 0.25) is 0 Å². The van der Waals surface area contributed by atoms with Gasteiger partial charge in [-0.2, -0.15) is 0 Å². The average molecular weight is 232 g/mol. The minimum absolute atomic E-state index is 0. The maximum atomic E-state index is 5.77. The van der Waals surface area contributed by atoms with Crippen LogP contribution >= 0.6 is 0 Å². The van der Waals surface area contributed by atoms with E-state index in [4.69, 9.17) is 11.5 Å². The maximum absolute atomic E-state index is 5.77. The van der Waals surface area contributed by atoms with Gasteiger partial charge in [0.05, 0.1) is 0 Å². The molecule has 10 N–H and O–H groups in total. The summed E-state index contributed by atoms with van der Waals surface area (Å²) >= 11 is 0. The van der Waals surface area contributed by atoms with Crippen LogP contribution in [0, 0.1) is 23.2 Å². The molecule has 1 rings (SSSR count). The van der Waals surface area contributed by atoms with Crippen molar-refractivity contribution in [2.75, 3.05) is 13.1 Å². The molecule has 0 radical (unpaired) electrons. The highest BCUT2D eigenvalue weighted by atomic mass is 14.6. The molecule has 0 aromatic heterocycles. The lowest BCUT2D eigenvalue weighted by molar-refractivity contribution is 0.0992. The summed E-state index contributed by atoms with van der Waals surface area (Å²) in [4.78, 5) is 0. The summed E-state index contributed by atoms with van der Waals surface area (Å²) in [5, 5.41) is 0. The minimum atomic E-state index is 0. The van der Waals surface area contributed by atoms with Crippen molar-refractivity contribution in [1.82, 2.24) is 12.3 Å². The van der Waals surface area contributed by atoms with Crippen LogP contribution in [0.25, 0.3) is 0 Å². The molecule has 16 heavy (non-hydrogen) atoms. The van der Waals surface area contributed by atoms with Crippen molar-refractivity contribution in [2.45, 2.75) is 40.0 Å². The van der Waals surface area contributed by atoms with Gasteiger partial charge in [0.25, 0.3) is 0 Å². The predicted molar refractivity (Wildman–Crippen MR) is 71.9 cm³/mol.